The zero-order chi connectivity index (χ0) is 17.1. The molecule has 1 aromatic rings. The van der Waals surface area contributed by atoms with E-state index < -0.39 is 0 Å². The van der Waals surface area contributed by atoms with E-state index in [9.17, 15) is 14.9 Å². The fourth-order valence-corrected chi connectivity index (χ4v) is 3.84. The highest BCUT2D eigenvalue weighted by atomic mass is 35.5. The van der Waals surface area contributed by atoms with Crippen molar-refractivity contribution in [2.24, 2.45) is 5.92 Å². The molecule has 0 spiro atoms. The molecule has 2 atom stereocenters. The summed E-state index contributed by atoms with van der Waals surface area (Å²) in [4.78, 5) is 27.1. The number of hydrogen-bond acceptors (Lipinski definition) is 4. The molecular formula is C18H24ClN3O3. The Labute approximate surface area is 154 Å². The highest BCUT2D eigenvalue weighted by molar-refractivity contribution is 5.85. The highest BCUT2D eigenvalue weighted by Gasteiger charge is 2.39. The Kier molecular flexibility index (Phi) is 6.56. The maximum atomic E-state index is 12.0. The number of benzene rings is 1. The smallest absolute Gasteiger partial charge is 0.276 e. The molecule has 0 N–H and O–H groups in total. The van der Waals surface area contributed by atoms with Gasteiger partial charge in [0.05, 0.1) is 10.5 Å². The van der Waals surface area contributed by atoms with Crippen LogP contribution in [0, 0.1) is 16.0 Å². The van der Waals surface area contributed by atoms with Gasteiger partial charge in [0, 0.05) is 44.7 Å². The van der Waals surface area contributed by atoms with Gasteiger partial charge in [0.15, 0.2) is 0 Å². The van der Waals surface area contributed by atoms with Crippen LogP contribution in [-0.4, -0.2) is 52.9 Å². The summed E-state index contributed by atoms with van der Waals surface area (Å²) < 4.78 is 0. The number of hydrogen-bond donors (Lipinski definition) is 0. The number of likely N-dealkylation sites (tertiary alicyclic amines) is 2. The molecule has 2 saturated heterocycles. The Balaban J connectivity index is 0.00000225. The average Bonchev–Trinajstić information content (AvgIpc) is 2.89. The van der Waals surface area contributed by atoms with Gasteiger partial charge in [-0.05, 0) is 18.4 Å². The van der Waals surface area contributed by atoms with E-state index >= 15 is 0 Å². The molecule has 136 valence electrons. The molecule has 7 heteroatoms. The van der Waals surface area contributed by atoms with Crippen molar-refractivity contribution in [3.05, 3.63) is 46.0 Å². The molecule has 2 aliphatic heterocycles. The first-order valence-corrected chi connectivity index (χ1v) is 8.50. The number of nitro benzene ring substituents is 1. The number of fused-ring (bicyclic) bond motifs is 2. The van der Waals surface area contributed by atoms with E-state index in [1.165, 1.54) is 6.07 Å². The van der Waals surface area contributed by atoms with E-state index in [1.54, 1.807) is 12.1 Å². The monoisotopic (exact) mass is 365 g/mol. The largest absolute Gasteiger partial charge is 0.338 e. The zero-order valence-electron chi connectivity index (χ0n) is 14.3. The second-order valence-electron chi connectivity index (χ2n) is 6.59. The normalized spacial score (nSPS) is 22.8. The molecular weight excluding hydrogens is 342 g/mol. The van der Waals surface area contributed by atoms with Crippen LogP contribution >= 0.6 is 12.4 Å². The number of carbonyl (C=O) groups is 1. The lowest BCUT2D eigenvalue weighted by atomic mass is 10.00. The predicted molar refractivity (Wildman–Crippen MR) is 99.7 cm³/mol. The number of nitro groups is 1. The first-order chi connectivity index (χ1) is 11.6. The average molecular weight is 366 g/mol. The van der Waals surface area contributed by atoms with Crippen LogP contribution in [0.15, 0.2) is 30.3 Å². The summed E-state index contributed by atoms with van der Waals surface area (Å²) in [5, 5.41) is 11.0. The summed E-state index contributed by atoms with van der Waals surface area (Å²) in [5.41, 5.74) is 0.762. The molecule has 2 fully saturated rings. The van der Waals surface area contributed by atoms with Crippen molar-refractivity contribution in [1.29, 1.82) is 0 Å². The van der Waals surface area contributed by atoms with Crippen molar-refractivity contribution in [2.75, 3.05) is 26.2 Å². The molecule has 2 heterocycles. The SMILES string of the molecule is CCC(=O)N1CC2CC1CN(C/C=C/c1ccccc1[N+](=O)[O-])C2.Cl. The second-order valence-corrected chi connectivity index (χ2v) is 6.59. The number of halogens is 1. The zero-order valence-corrected chi connectivity index (χ0v) is 15.2. The van der Waals surface area contributed by atoms with Crippen molar-refractivity contribution < 1.29 is 9.72 Å². The molecule has 0 saturated carbocycles. The number of rotatable bonds is 5. The number of carbonyl (C=O) groups excluding carboxylic acids is 1. The number of amides is 1. The van der Waals surface area contributed by atoms with Gasteiger partial charge >= 0.3 is 0 Å². The molecule has 3 rings (SSSR count). The number of para-hydroxylation sites is 1. The molecule has 0 radical (unpaired) electrons. The van der Waals surface area contributed by atoms with Crippen molar-refractivity contribution >= 4 is 30.1 Å². The predicted octanol–water partition coefficient (Wildman–Crippen LogP) is 2.97. The van der Waals surface area contributed by atoms with Crippen LogP contribution in [0.5, 0.6) is 0 Å². The van der Waals surface area contributed by atoms with Crippen molar-refractivity contribution in [1.82, 2.24) is 9.80 Å². The summed E-state index contributed by atoms with van der Waals surface area (Å²) in [6, 6.07) is 7.10. The highest BCUT2D eigenvalue weighted by Crippen LogP contribution is 2.30. The molecule has 0 aromatic heterocycles. The van der Waals surface area contributed by atoms with Crippen molar-refractivity contribution in [3.63, 3.8) is 0 Å². The standard InChI is InChI=1S/C18H23N3O3.ClH/c1-2-18(22)20-12-14-10-16(20)13-19(11-14)9-5-7-15-6-3-4-8-17(15)21(23)24;/h3-8,14,16H,2,9-13H2,1H3;1H/b7-5+;. The second kappa shape index (κ2) is 8.45. The van der Waals surface area contributed by atoms with E-state index in [0.717, 1.165) is 32.6 Å². The van der Waals surface area contributed by atoms with Crippen LogP contribution < -0.4 is 0 Å². The van der Waals surface area contributed by atoms with Crippen LogP contribution in [-0.2, 0) is 4.79 Å². The van der Waals surface area contributed by atoms with Gasteiger partial charge in [0.25, 0.3) is 5.69 Å². The first kappa shape index (κ1) is 19.4. The van der Waals surface area contributed by atoms with Crippen LogP contribution in [0.3, 0.4) is 0 Å². The third-order valence-corrected chi connectivity index (χ3v) is 4.90. The fraction of sp³-hybridized carbons (Fsp3) is 0.500. The summed E-state index contributed by atoms with van der Waals surface area (Å²) in [6.07, 6.45) is 5.49. The molecule has 25 heavy (non-hydrogen) atoms. The summed E-state index contributed by atoms with van der Waals surface area (Å²) in [7, 11) is 0. The Bertz CT molecular complexity index is 665. The Hall–Kier alpha value is -1.92. The van der Waals surface area contributed by atoms with Gasteiger partial charge in [0.2, 0.25) is 5.91 Å². The fourth-order valence-electron chi connectivity index (χ4n) is 3.84. The lowest BCUT2D eigenvalue weighted by Gasteiger charge is -2.31. The van der Waals surface area contributed by atoms with E-state index in [1.807, 2.05) is 30.0 Å². The topological polar surface area (TPSA) is 66.7 Å². The molecule has 1 amide bonds. The van der Waals surface area contributed by atoms with Gasteiger partial charge in [0.1, 0.15) is 0 Å². The molecule has 0 aliphatic carbocycles. The number of piperidine rings is 1. The van der Waals surface area contributed by atoms with E-state index in [0.29, 0.717) is 23.9 Å². The van der Waals surface area contributed by atoms with Gasteiger partial charge < -0.3 is 4.90 Å². The Morgan fingerprint density at radius 3 is 2.80 bits per heavy atom. The Morgan fingerprint density at radius 1 is 1.32 bits per heavy atom. The van der Waals surface area contributed by atoms with Gasteiger partial charge in [-0.25, -0.2) is 0 Å². The Morgan fingerprint density at radius 2 is 2.08 bits per heavy atom. The van der Waals surface area contributed by atoms with Gasteiger partial charge in [-0.3, -0.25) is 19.8 Å². The lowest BCUT2D eigenvalue weighted by Crippen LogP contribution is -2.43. The van der Waals surface area contributed by atoms with E-state index in [4.69, 9.17) is 0 Å². The van der Waals surface area contributed by atoms with Crippen LogP contribution in [0.4, 0.5) is 5.69 Å². The van der Waals surface area contributed by atoms with E-state index in [2.05, 4.69) is 4.90 Å². The third kappa shape index (κ3) is 4.38. The molecule has 6 nitrogen and oxygen atoms in total. The molecule has 1 aromatic carbocycles. The van der Waals surface area contributed by atoms with Gasteiger partial charge in [-0.15, -0.1) is 12.4 Å². The third-order valence-electron chi connectivity index (χ3n) is 4.90. The maximum Gasteiger partial charge on any atom is 0.276 e. The minimum Gasteiger partial charge on any atom is -0.338 e. The van der Waals surface area contributed by atoms with Crippen LogP contribution in [0.25, 0.3) is 6.08 Å². The maximum absolute atomic E-state index is 12.0. The first-order valence-electron chi connectivity index (χ1n) is 8.50. The van der Waals surface area contributed by atoms with Gasteiger partial charge in [-0.1, -0.05) is 31.2 Å². The molecule has 2 aliphatic rings. The van der Waals surface area contributed by atoms with Crippen LogP contribution in [0.1, 0.15) is 25.3 Å². The molecule has 2 bridgehead atoms. The quantitative estimate of drug-likeness (QED) is 0.594. The minimum absolute atomic E-state index is 0. The van der Waals surface area contributed by atoms with E-state index in [-0.39, 0.29) is 28.9 Å². The summed E-state index contributed by atoms with van der Waals surface area (Å²) in [6.45, 7) is 5.43. The van der Waals surface area contributed by atoms with Gasteiger partial charge in [-0.2, -0.15) is 0 Å². The summed E-state index contributed by atoms with van der Waals surface area (Å²) in [5.74, 6) is 0.804. The van der Waals surface area contributed by atoms with Crippen molar-refractivity contribution in [2.45, 2.75) is 25.8 Å². The van der Waals surface area contributed by atoms with Crippen LogP contribution in [0.2, 0.25) is 0 Å². The number of nitrogens with zero attached hydrogens (tertiary/aromatic N) is 3. The minimum atomic E-state index is -0.352. The molecule has 2 unspecified atom stereocenters. The summed E-state index contributed by atoms with van der Waals surface area (Å²) >= 11 is 0. The lowest BCUT2D eigenvalue weighted by molar-refractivity contribution is -0.385. The van der Waals surface area contributed by atoms with Crippen molar-refractivity contribution in [3.8, 4) is 0 Å².